The van der Waals surface area contributed by atoms with Gasteiger partial charge in [-0.15, -0.1) is 0 Å². The summed E-state index contributed by atoms with van der Waals surface area (Å²) in [6.45, 7) is 1.79. The van der Waals surface area contributed by atoms with Crippen LogP contribution in [0.5, 0.6) is 11.5 Å². The third kappa shape index (κ3) is 3.11. The molecule has 0 unspecified atom stereocenters. The average Bonchev–Trinajstić information content (AvgIpc) is 2.49. The van der Waals surface area contributed by atoms with Crippen molar-refractivity contribution in [3.05, 3.63) is 52.1 Å². The van der Waals surface area contributed by atoms with E-state index in [1.807, 2.05) is 30.3 Å². The molecule has 5 nitrogen and oxygen atoms in total. The number of benzene rings is 2. The zero-order valence-electron chi connectivity index (χ0n) is 12.0. The average molecular weight is 305 g/mol. The number of nitrogens with zero attached hydrogens (tertiary/aromatic N) is 1. The molecule has 0 heterocycles. The second-order valence-corrected chi connectivity index (χ2v) is 5.34. The summed E-state index contributed by atoms with van der Waals surface area (Å²) in [7, 11) is 2.93. The molecule has 21 heavy (non-hydrogen) atoms. The van der Waals surface area contributed by atoms with Crippen LogP contribution in [0.25, 0.3) is 0 Å². The highest BCUT2D eigenvalue weighted by molar-refractivity contribution is 7.99. The summed E-state index contributed by atoms with van der Waals surface area (Å²) < 4.78 is 10.5. The zero-order valence-corrected chi connectivity index (χ0v) is 12.8. The van der Waals surface area contributed by atoms with Crippen molar-refractivity contribution in [3.8, 4) is 11.5 Å². The minimum absolute atomic E-state index is 0.0933. The minimum atomic E-state index is -0.467. The molecule has 0 spiro atoms. The normalized spacial score (nSPS) is 10.2. The summed E-state index contributed by atoms with van der Waals surface area (Å²) >= 11 is 1.49. The lowest BCUT2D eigenvalue weighted by atomic mass is 10.2. The van der Waals surface area contributed by atoms with Crippen molar-refractivity contribution in [2.24, 2.45) is 0 Å². The maximum absolute atomic E-state index is 11.1. The molecule has 0 N–H and O–H groups in total. The van der Waals surface area contributed by atoms with Crippen LogP contribution in [0.3, 0.4) is 0 Å². The first-order valence-corrected chi connectivity index (χ1v) is 7.03. The quantitative estimate of drug-likeness (QED) is 0.615. The van der Waals surface area contributed by atoms with Gasteiger partial charge in [0.05, 0.1) is 30.1 Å². The molecule has 0 amide bonds. The minimum Gasteiger partial charge on any atom is -0.495 e. The van der Waals surface area contributed by atoms with E-state index in [2.05, 4.69) is 0 Å². The molecule has 110 valence electrons. The third-order valence-corrected chi connectivity index (χ3v) is 4.21. The van der Waals surface area contributed by atoms with Crippen molar-refractivity contribution in [2.45, 2.75) is 16.7 Å². The largest absolute Gasteiger partial charge is 0.495 e. The summed E-state index contributed by atoms with van der Waals surface area (Å²) in [5, 5.41) is 11.1. The first-order chi connectivity index (χ1) is 10.1. The molecule has 0 aliphatic rings. The maximum atomic E-state index is 11.1. The number of nitro groups is 1. The van der Waals surface area contributed by atoms with Gasteiger partial charge in [-0.2, -0.15) is 0 Å². The van der Waals surface area contributed by atoms with Crippen LogP contribution in [0.1, 0.15) is 5.56 Å². The molecule has 0 aliphatic carbocycles. The number of methoxy groups -OCH3 is 2. The highest BCUT2D eigenvalue weighted by atomic mass is 32.2. The fourth-order valence-corrected chi connectivity index (χ4v) is 3.03. The Labute approximate surface area is 127 Å². The molecule has 0 fully saturated rings. The van der Waals surface area contributed by atoms with Gasteiger partial charge in [0, 0.05) is 10.5 Å². The van der Waals surface area contributed by atoms with E-state index in [1.54, 1.807) is 6.92 Å². The van der Waals surface area contributed by atoms with Gasteiger partial charge >= 0.3 is 5.69 Å². The molecule has 0 aromatic heterocycles. The van der Waals surface area contributed by atoms with Crippen molar-refractivity contribution in [1.29, 1.82) is 0 Å². The summed E-state index contributed by atoms with van der Waals surface area (Å²) in [6, 6.07) is 11.1. The van der Waals surface area contributed by atoms with Gasteiger partial charge < -0.3 is 9.47 Å². The number of nitro benzene ring substituents is 1. The first kappa shape index (κ1) is 15.2. The first-order valence-electron chi connectivity index (χ1n) is 6.21. The summed E-state index contributed by atoms with van der Waals surface area (Å²) in [4.78, 5) is 12.5. The Hall–Kier alpha value is -2.21. The van der Waals surface area contributed by atoms with Crippen LogP contribution in [-0.4, -0.2) is 19.1 Å². The zero-order chi connectivity index (χ0) is 15.4. The molecule has 2 aromatic carbocycles. The Morgan fingerprint density at radius 3 is 2.33 bits per heavy atom. The topological polar surface area (TPSA) is 61.6 Å². The van der Waals surface area contributed by atoms with Crippen LogP contribution in [0.2, 0.25) is 0 Å². The van der Waals surface area contributed by atoms with Crippen LogP contribution >= 0.6 is 11.8 Å². The molecule has 0 aliphatic heterocycles. The van der Waals surface area contributed by atoms with Gasteiger partial charge in [0.1, 0.15) is 5.75 Å². The highest BCUT2D eigenvalue weighted by Crippen LogP contribution is 2.45. The van der Waals surface area contributed by atoms with E-state index < -0.39 is 4.92 Å². The Kier molecular flexibility index (Phi) is 4.70. The van der Waals surface area contributed by atoms with E-state index in [4.69, 9.17) is 9.47 Å². The Bertz CT molecular complexity index is 658. The van der Waals surface area contributed by atoms with E-state index in [1.165, 1.54) is 32.0 Å². The molecule has 0 bridgehead atoms. The number of ether oxygens (including phenoxy) is 2. The molecule has 0 saturated carbocycles. The van der Waals surface area contributed by atoms with Gasteiger partial charge in [-0.05, 0) is 19.1 Å². The highest BCUT2D eigenvalue weighted by Gasteiger charge is 2.24. The lowest BCUT2D eigenvalue weighted by Crippen LogP contribution is -1.99. The standard InChI is InChI=1S/C15H15NO4S/c1-10-14(20-3)12(16(17)18)9-13(19-2)15(10)21-11-7-5-4-6-8-11/h4-9H,1-3H3. The van der Waals surface area contributed by atoms with Crippen molar-refractivity contribution < 1.29 is 14.4 Å². The number of rotatable bonds is 5. The third-order valence-electron chi connectivity index (χ3n) is 2.99. The lowest BCUT2D eigenvalue weighted by Gasteiger charge is -2.14. The van der Waals surface area contributed by atoms with E-state index in [0.29, 0.717) is 11.3 Å². The molecule has 2 aromatic rings. The van der Waals surface area contributed by atoms with Crippen LogP contribution in [0.15, 0.2) is 46.2 Å². The summed E-state index contributed by atoms with van der Waals surface area (Å²) in [5.41, 5.74) is 0.599. The molecular formula is C15H15NO4S. The SMILES string of the molecule is COc1cc([N+](=O)[O-])c(OC)c(C)c1Sc1ccccc1. The van der Waals surface area contributed by atoms with Crippen molar-refractivity contribution in [3.63, 3.8) is 0 Å². The van der Waals surface area contributed by atoms with E-state index in [9.17, 15) is 10.1 Å². The molecular weight excluding hydrogens is 290 g/mol. The molecule has 0 saturated heterocycles. The van der Waals surface area contributed by atoms with E-state index in [-0.39, 0.29) is 11.4 Å². The van der Waals surface area contributed by atoms with Gasteiger partial charge in [0.2, 0.25) is 5.75 Å². The number of hydrogen-bond acceptors (Lipinski definition) is 5. The summed E-state index contributed by atoms with van der Waals surface area (Å²) in [5.74, 6) is 0.730. The fraction of sp³-hybridized carbons (Fsp3) is 0.200. The van der Waals surface area contributed by atoms with Gasteiger partial charge in [0.25, 0.3) is 0 Å². The Morgan fingerprint density at radius 1 is 1.14 bits per heavy atom. The van der Waals surface area contributed by atoms with Crippen molar-refractivity contribution in [2.75, 3.05) is 14.2 Å². The van der Waals surface area contributed by atoms with Crippen molar-refractivity contribution in [1.82, 2.24) is 0 Å². The smallest absolute Gasteiger partial charge is 0.314 e. The van der Waals surface area contributed by atoms with Crippen LogP contribution < -0.4 is 9.47 Å². The fourth-order valence-electron chi connectivity index (χ4n) is 2.01. The Balaban J connectivity index is 2.57. The molecule has 2 rings (SSSR count). The predicted octanol–water partition coefficient (Wildman–Crippen LogP) is 4.07. The van der Waals surface area contributed by atoms with Crippen molar-refractivity contribution >= 4 is 17.4 Å². The van der Waals surface area contributed by atoms with E-state index >= 15 is 0 Å². The second kappa shape index (κ2) is 6.49. The van der Waals surface area contributed by atoms with Gasteiger partial charge in [-0.3, -0.25) is 10.1 Å². The van der Waals surface area contributed by atoms with Gasteiger partial charge in [-0.1, -0.05) is 30.0 Å². The predicted molar refractivity (Wildman–Crippen MR) is 81.5 cm³/mol. The Morgan fingerprint density at radius 2 is 1.81 bits per heavy atom. The molecule has 0 atom stereocenters. The van der Waals surface area contributed by atoms with Crippen LogP contribution in [0.4, 0.5) is 5.69 Å². The van der Waals surface area contributed by atoms with E-state index in [0.717, 1.165) is 9.79 Å². The second-order valence-electron chi connectivity index (χ2n) is 4.26. The molecule has 0 radical (unpaired) electrons. The van der Waals surface area contributed by atoms with Crippen LogP contribution in [0, 0.1) is 17.0 Å². The molecule has 6 heteroatoms. The van der Waals surface area contributed by atoms with Crippen LogP contribution in [-0.2, 0) is 0 Å². The van der Waals surface area contributed by atoms with Gasteiger partial charge in [-0.25, -0.2) is 0 Å². The maximum Gasteiger partial charge on any atom is 0.314 e. The lowest BCUT2D eigenvalue weighted by molar-refractivity contribution is -0.385. The monoisotopic (exact) mass is 305 g/mol. The summed E-state index contributed by atoms with van der Waals surface area (Å²) in [6.07, 6.45) is 0. The number of hydrogen-bond donors (Lipinski definition) is 0. The van der Waals surface area contributed by atoms with Gasteiger partial charge in [0.15, 0.2) is 0 Å².